The van der Waals surface area contributed by atoms with Crippen molar-refractivity contribution in [3.63, 3.8) is 0 Å². The van der Waals surface area contributed by atoms with Crippen molar-refractivity contribution in [2.24, 2.45) is 23.7 Å². The molecular weight excluding hydrogens is 411 g/mol. The summed E-state index contributed by atoms with van der Waals surface area (Å²) < 4.78 is 20.6. The van der Waals surface area contributed by atoms with E-state index in [0.29, 0.717) is 5.92 Å². The molecule has 2 nitrogen and oxygen atoms in total. The lowest BCUT2D eigenvalue weighted by Gasteiger charge is -2.37. The number of carbonyl (C=O) groups is 1. The van der Waals surface area contributed by atoms with Gasteiger partial charge in [0.05, 0.1) is 5.56 Å². The molecule has 33 heavy (non-hydrogen) atoms. The fraction of sp³-hybridized carbons (Fsp3) is 0.767. The van der Waals surface area contributed by atoms with Crippen molar-refractivity contribution in [2.45, 2.75) is 122 Å². The second-order valence-corrected chi connectivity index (χ2v) is 11.4. The van der Waals surface area contributed by atoms with Gasteiger partial charge in [-0.2, -0.15) is 0 Å². The largest absolute Gasteiger partial charge is 0.459 e. The van der Waals surface area contributed by atoms with Crippen LogP contribution in [0.15, 0.2) is 18.2 Å². The average Bonchev–Trinajstić information content (AvgIpc) is 2.85. The molecule has 3 fully saturated rings. The van der Waals surface area contributed by atoms with Gasteiger partial charge in [0, 0.05) is 0 Å². The van der Waals surface area contributed by atoms with Crippen LogP contribution in [0, 0.1) is 29.5 Å². The zero-order chi connectivity index (χ0) is 23.2. The first-order chi connectivity index (χ1) is 16.1. The highest BCUT2D eigenvalue weighted by Gasteiger charge is 2.32. The molecule has 0 aromatic heterocycles. The number of carbonyl (C=O) groups excluding carboxylic acids is 1. The summed E-state index contributed by atoms with van der Waals surface area (Å²) in [6.07, 6.45) is 18.4. The Morgan fingerprint density at radius 1 is 0.848 bits per heavy atom. The van der Waals surface area contributed by atoms with Crippen molar-refractivity contribution in [1.29, 1.82) is 0 Å². The van der Waals surface area contributed by atoms with Gasteiger partial charge in [-0.25, -0.2) is 9.18 Å². The Morgan fingerprint density at radius 2 is 1.45 bits per heavy atom. The number of ether oxygens (including phenoxy) is 1. The molecule has 0 amide bonds. The molecule has 3 aliphatic rings. The van der Waals surface area contributed by atoms with E-state index in [4.69, 9.17) is 4.74 Å². The van der Waals surface area contributed by atoms with Crippen molar-refractivity contribution < 1.29 is 13.9 Å². The maximum atomic E-state index is 14.8. The predicted molar refractivity (Wildman–Crippen MR) is 133 cm³/mol. The number of hydrogen-bond donors (Lipinski definition) is 0. The van der Waals surface area contributed by atoms with Gasteiger partial charge in [-0.1, -0.05) is 52.0 Å². The Morgan fingerprint density at radius 3 is 2.03 bits per heavy atom. The highest BCUT2D eigenvalue weighted by Crippen LogP contribution is 2.42. The molecule has 0 aliphatic heterocycles. The fourth-order valence-corrected chi connectivity index (χ4v) is 7.10. The van der Waals surface area contributed by atoms with Gasteiger partial charge in [0.1, 0.15) is 11.9 Å². The molecular formula is C30H45FO2. The molecule has 0 N–H and O–H groups in total. The smallest absolute Gasteiger partial charge is 0.341 e. The number of benzene rings is 1. The Labute approximate surface area is 201 Å². The van der Waals surface area contributed by atoms with E-state index < -0.39 is 11.8 Å². The second kappa shape index (κ2) is 11.8. The lowest BCUT2D eigenvalue weighted by atomic mass is 9.70. The van der Waals surface area contributed by atoms with Crippen LogP contribution < -0.4 is 0 Å². The monoisotopic (exact) mass is 456 g/mol. The molecule has 0 bridgehead atoms. The lowest BCUT2D eigenvalue weighted by molar-refractivity contribution is 0.0105. The van der Waals surface area contributed by atoms with Crippen LogP contribution in [0.25, 0.3) is 0 Å². The summed E-state index contributed by atoms with van der Waals surface area (Å²) in [5, 5.41) is 0. The Kier molecular flexibility index (Phi) is 8.88. The maximum absolute atomic E-state index is 14.8. The van der Waals surface area contributed by atoms with Crippen molar-refractivity contribution in [3.8, 4) is 0 Å². The standard InChI is InChI=1S/C30H45FO2/c1-3-5-22-8-12-23(13-9-22)24-14-17-27(18-15-24)33-30(32)28-19-16-26(20-29(28)31)25-10-6-21(4-2)7-11-25/h16,19-25,27H,3-15,17-18H2,1-2H3/t21?,22-,23-,24?,25?,27?. The van der Waals surface area contributed by atoms with Crippen LogP contribution in [0.4, 0.5) is 4.39 Å². The minimum Gasteiger partial charge on any atom is -0.459 e. The first kappa shape index (κ1) is 24.7. The number of halogens is 1. The number of hydrogen-bond acceptors (Lipinski definition) is 2. The van der Waals surface area contributed by atoms with Gasteiger partial charge >= 0.3 is 5.97 Å². The first-order valence-corrected chi connectivity index (χ1v) is 14.1. The summed E-state index contributed by atoms with van der Waals surface area (Å²) in [4.78, 5) is 12.7. The van der Waals surface area contributed by atoms with E-state index >= 15 is 0 Å². The third-order valence-corrected chi connectivity index (χ3v) is 9.36. The molecule has 3 heteroatoms. The van der Waals surface area contributed by atoms with Crippen molar-refractivity contribution in [3.05, 3.63) is 35.1 Å². The zero-order valence-electron chi connectivity index (χ0n) is 21.0. The quantitative estimate of drug-likeness (QED) is 0.383. The SMILES string of the molecule is CCC[C@H]1CC[C@H](C2CCC(OC(=O)c3ccc(C4CCC(CC)CC4)cc3F)CC2)CC1. The van der Waals surface area contributed by atoms with Crippen molar-refractivity contribution in [2.75, 3.05) is 0 Å². The summed E-state index contributed by atoms with van der Waals surface area (Å²) in [5.41, 5.74) is 1.16. The molecule has 0 radical (unpaired) electrons. The molecule has 1 aromatic rings. The van der Waals surface area contributed by atoms with Gasteiger partial charge in [0.25, 0.3) is 0 Å². The maximum Gasteiger partial charge on any atom is 0.341 e. The Balaban J connectivity index is 1.24. The van der Waals surface area contributed by atoms with E-state index in [-0.39, 0.29) is 11.7 Å². The molecule has 184 valence electrons. The third kappa shape index (κ3) is 6.40. The second-order valence-electron chi connectivity index (χ2n) is 11.4. The molecule has 0 unspecified atom stereocenters. The first-order valence-electron chi connectivity index (χ1n) is 14.1. The van der Waals surface area contributed by atoms with Crippen LogP contribution in [0.3, 0.4) is 0 Å². The van der Waals surface area contributed by atoms with E-state index in [1.165, 1.54) is 57.8 Å². The topological polar surface area (TPSA) is 26.3 Å². The minimum absolute atomic E-state index is 0.0476. The van der Waals surface area contributed by atoms with Gasteiger partial charge in [0.15, 0.2) is 0 Å². The molecule has 3 saturated carbocycles. The molecule has 0 spiro atoms. The lowest BCUT2D eigenvalue weighted by Crippen LogP contribution is -2.30. The molecule has 0 saturated heterocycles. The summed E-state index contributed by atoms with van der Waals surface area (Å²) in [5.74, 6) is 2.99. The van der Waals surface area contributed by atoms with Gasteiger partial charge in [0.2, 0.25) is 0 Å². The van der Waals surface area contributed by atoms with E-state index in [9.17, 15) is 9.18 Å². The third-order valence-electron chi connectivity index (χ3n) is 9.36. The van der Waals surface area contributed by atoms with Crippen LogP contribution in [-0.4, -0.2) is 12.1 Å². The highest BCUT2D eigenvalue weighted by molar-refractivity contribution is 5.89. The predicted octanol–water partition coefficient (Wildman–Crippen LogP) is 8.83. The number of esters is 1. The molecule has 1 aromatic carbocycles. The van der Waals surface area contributed by atoms with Gasteiger partial charge < -0.3 is 4.74 Å². The van der Waals surface area contributed by atoms with Crippen molar-refractivity contribution in [1.82, 2.24) is 0 Å². The number of rotatable bonds is 7. The molecule has 0 atom stereocenters. The van der Waals surface area contributed by atoms with E-state index in [2.05, 4.69) is 13.8 Å². The van der Waals surface area contributed by atoms with Crippen LogP contribution in [0.5, 0.6) is 0 Å². The van der Waals surface area contributed by atoms with Gasteiger partial charge in [-0.15, -0.1) is 0 Å². The fourth-order valence-electron chi connectivity index (χ4n) is 7.10. The Hall–Kier alpha value is -1.38. The highest BCUT2D eigenvalue weighted by atomic mass is 19.1. The zero-order valence-corrected chi connectivity index (χ0v) is 21.0. The van der Waals surface area contributed by atoms with Gasteiger partial charge in [-0.3, -0.25) is 0 Å². The van der Waals surface area contributed by atoms with E-state index in [1.54, 1.807) is 12.1 Å². The van der Waals surface area contributed by atoms with Crippen LogP contribution in [0.2, 0.25) is 0 Å². The van der Waals surface area contributed by atoms with Gasteiger partial charge in [-0.05, 0) is 111 Å². The molecule has 4 rings (SSSR count). The van der Waals surface area contributed by atoms with Crippen LogP contribution in [-0.2, 0) is 4.74 Å². The Bertz CT molecular complexity index is 751. The van der Waals surface area contributed by atoms with Crippen LogP contribution >= 0.6 is 0 Å². The van der Waals surface area contributed by atoms with E-state index in [0.717, 1.165) is 67.8 Å². The molecule has 0 heterocycles. The van der Waals surface area contributed by atoms with Crippen LogP contribution in [0.1, 0.15) is 132 Å². The normalized spacial score (nSPS) is 32.9. The minimum atomic E-state index is -0.475. The summed E-state index contributed by atoms with van der Waals surface area (Å²) in [6.45, 7) is 4.56. The summed E-state index contributed by atoms with van der Waals surface area (Å²) in [6, 6.07) is 5.22. The average molecular weight is 457 g/mol. The summed E-state index contributed by atoms with van der Waals surface area (Å²) >= 11 is 0. The molecule has 3 aliphatic carbocycles. The van der Waals surface area contributed by atoms with Crippen molar-refractivity contribution >= 4 is 5.97 Å². The van der Waals surface area contributed by atoms with E-state index in [1.807, 2.05) is 6.07 Å². The summed E-state index contributed by atoms with van der Waals surface area (Å²) in [7, 11) is 0.